The fourth-order valence-electron chi connectivity index (χ4n) is 5.35. The topological polar surface area (TPSA) is 95.9 Å². The summed E-state index contributed by atoms with van der Waals surface area (Å²) in [6, 6.07) is 16.0. The maximum atomic E-state index is 13.0. The van der Waals surface area contributed by atoms with Crippen molar-refractivity contribution in [3.8, 4) is 11.1 Å². The SMILES string of the molecule is CC[C@@H](CC(=O)N1CCCCC1CCC(=O)O)NC(=O)OCC1c2ccccc2-c2ccccc21. The van der Waals surface area contributed by atoms with Crippen LogP contribution in [0.2, 0.25) is 0 Å². The van der Waals surface area contributed by atoms with Gasteiger partial charge in [-0.1, -0.05) is 55.5 Å². The lowest BCUT2D eigenvalue weighted by Crippen LogP contribution is -2.47. The maximum absolute atomic E-state index is 13.0. The number of hydrogen-bond donors (Lipinski definition) is 2. The number of nitrogens with zero attached hydrogens (tertiary/aromatic N) is 1. The van der Waals surface area contributed by atoms with E-state index in [0.717, 1.165) is 30.4 Å². The average Bonchev–Trinajstić information content (AvgIpc) is 3.19. The molecule has 2 N–H and O–H groups in total. The third kappa shape index (κ3) is 5.84. The van der Waals surface area contributed by atoms with E-state index in [1.54, 1.807) is 0 Å². The number of carbonyl (C=O) groups excluding carboxylic acids is 2. The van der Waals surface area contributed by atoms with Crippen molar-refractivity contribution in [1.82, 2.24) is 10.2 Å². The molecule has 1 heterocycles. The van der Waals surface area contributed by atoms with Gasteiger partial charge in [-0.2, -0.15) is 0 Å². The Hall–Kier alpha value is -3.35. The van der Waals surface area contributed by atoms with Gasteiger partial charge in [0.1, 0.15) is 6.61 Å². The van der Waals surface area contributed by atoms with Gasteiger partial charge >= 0.3 is 12.1 Å². The number of likely N-dealkylation sites (tertiary alicyclic amines) is 1. The largest absolute Gasteiger partial charge is 0.481 e. The molecule has 1 saturated heterocycles. The number of carboxylic acid groups (broad SMARTS) is 1. The Morgan fingerprint density at radius 2 is 1.71 bits per heavy atom. The number of hydrogen-bond acceptors (Lipinski definition) is 4. The van der Waals surface area contributed by atoms with Crippen molar-refractivity contribution < 1.29 is 24.2 Å². The molecule has 1 aliphatic carbocycles. The minimum Gasteiger partial charge on any atom is -0.481 e. The van der Waals surface area contributed by atoms with E-state index in [1.807, 2.05) is 36.1 Å². The molecule has 7 heteroatoms. The molecule has 0 aromatic heterocycles. The fraction of sp³-hybridized carbons (Fsp3) is 0.464. The van der Waals surface area contributed by atoms with Crippen molar-refractivity contribution in [3.63, 3.8) is 0 Å². The molecular formula is C28H34N2O5. The minimum absolute atomic E-state index is 0.0156. The molecule has 7 nitrogen and oxygen atoms in total. The van der Waals surface area contributed by atoms with Gasteiger partial charge in [0.15, 0.2) is 0 Å². The van der Waals surface area contributed by atoms with E-state index in [0.29, 0.717) is 19.4 Å². The Bertz CT molecular complexity index is 1020. The fourth-order valence-corrected chi connectivity index (χ4v) is 5.35. The Morgan fingerprint density at radius 3 is 2.34 bits per heavy atom. The lowest BCUT2D eigenvalue weighted by molar-refractivity contribution is -0.140. The van der Waals surface area contributed by atoms with Crippen molar-refractivity contribution in [2.24, 2.45) is 0 Å². The van der Waals surface area contributed by atoms with Gasteiger partial charge < -0.3 is 20.1 Å². The summed E-state index contributed by atoms with van der Waals surface area (Å²) in [4.78, 5) is 38.5. The highest BCUT2D eigenvalue weighted by molar-refractivity contribution is 5.80. The normalized spacial score (nSPS) is 17.9. The quantitative estimate of drug-likeness (QED) is 0.532. The average molecular weight is 479 g/mol. The zero-order valence-corrected chi connectivity index (χ0v) is 20.2. The third-order valence-electron chi connectivity index (χ3n) is 7.22. The molecular weight excluding hydrogens is 444 g/mol. The lowest BCUT2D eigenvalue weighted by Gasteiger charge is -2.36. The molecule has 2 atom stereocenters. The summed E-state index contributed by atoms with van der Waals surface area (Å²) in [7, 11) is 0. The van der Waals surface area contributed by atoms with Gasteiger partial charge in [-0.25, -0.2) is 4.79 Å². The summed E-state index contributed by atoms with van der Waals surface area (Å²) >= 11 is 0. The van der Waals surface area contributed by atoms with Gasteiger partial charge in [-0.05, 0) is 54.4 Å². The molecule has 2 aromatic carbocycles. The molecule has 1 aliphatic heterocycles. The number of rotatable bonds is 9. The number of piperidine rings is 1. The highest BCUT2D eigenvalue weighted by Crippen LogP contribution is 2.44. The number of aliphatic carboxylic acids is 1. The zero-order valence-electron chi connectivity index (χ0n) is 20.2. The van der Waals surface area contributed by atoms with Crippen LogP contribution in [-0.2, 0) is 14.3 Å². The number of carbonyl (C=O) groups is 3. The highest BCUT2D eigenvalue weighted by atomic mass is 16.5. The van der Waals surface area contributed by atoms with Gasteiger partial charge in [-0.3, -0.25) is 9.59 Å². The molecule has 0 radical (unpaired) electrons. The van der Waals surface area contributed by atoms with Gasteiger partial charge in [0.25, 0.3) is 0 Å². The second-order valence-electron chi connectivity index (χ2n) is 9.45. The van der Waals surface area contributed by atoms with Crippen LogP contribution in [0.25, 0.3) is 11.1 Å². The second kappa shape index (κ2) is 11.4. The van der Waals surface area contributed by atoms with E-state index in [9.17, 15) is 14.4 Å². The van der Waals surface area contributed by atoms with Crippen LogP contribution in [-0.4, -0.2) is 53.2 Å². The van der Waals surface area contributed by atoms with Crippen LogP contribution >= 0.6 is 0 Å². The molecule has 0 bridgehead atoms. The van der Waals surface area contributed by atoms with E-state index < -0.39 is 12.1 Å². The van der Waals surface area contributed by atoms with Crippen LogP contribution in [0.3, 0.4) is 0 Å². The third-order valence-corrected chi connectivity index (χ3v) is 7.22. The molecule has 186 valence electrons. The second-order valence-corrected chi connectivity index (χ2v) is 9.45. The van der Waals surface area contributed by atoms with Gasteiger partial charge in [0.2, 0.25) is 5.91 Å². The van der Waals surface area contributed by atoms with Gasteiger partial charge in [0.05, 0.1) is 0 Å². The molecule has 2 aromatic rings. The summed E-state index contributed by atoms with van der Waals surface area (Å²) in [6.45, 7) is 2.80. The molecule has 1 unspecified atom stereocenters. The molecule has 2 amide bonds. The van der Waals surface area contributed by atoms with Crippen molar-refractivity contribution in [3.05, 3.63) is 59.7 Å². The standard InChI is InChI=1S/C28H34N2O5/c1-2-19(17-26(31)30-16-8-7-9-20(30)14-15-27(32)33)29-28(34)35-18-25-23-12-5-3-10-21(23)22-11-4-6-13-24(22)25/h3-6,10-13,19-20,25H,2,7-9,14-18H2,1H3,(H,29,34)(H,32,33)/t19-,20?/m0/s1. The van der Waals surface area contributed by atoms with Gasteiger partial charge in [0, 0.05) is 37.4 Å². The van der Waals surface area contributed by atoms with Crippen LogP contribution in [0.15, 0.2) is 48.5 Å². The first kappa shape index (κ1) is 24.8. The van der Waals surface area contributed by atoms with E-state index in [2.05, 4.69) is 29.6 Å². The first-order valence-electron chi connectivity index (χ1n) is 12.6. The number of alkyl carbamates (subject to hydrolysis) is 1. The van der Waals surface area contributed by atoms with E-state index in [4.69, 9.17) is 9.84 Å². The van der Waals surface area contributed by atoms with Crippen molar-refractivity contribution in [2.75, 3.05) is 13.2 Å². The van der Waals surface area contributed by atoms with Crippen molar-refractivity contribution in [1.29, 1.82) is 0 Å². The number of fused-ring (bicyclic) bond motifs is 3. The lowest BCUT2D eigenvalue weighted by atomic mass is 9.97. The smallest absolute Gasteiger partial charge is 0.407 e. The predicted molar refractivity (Wildman–Crippen MR) is 133 cm³/mol. The van der Waals surface area contributed by atoms with Crippen LogP contribution in [0, 0.1) is 0 Å². The molecule has 4 rings (SSSR count). The number of carboxylic acids is 1. The summed E-state index contributed by atoms with van der Waals surface area (Å²) < 4.78 is 5.64. The first-order chi connectivity index (χ1) is 17.0. The number of amides is 2. The zero-order chi connectivity index (χ0) is 24.8. The van der Waals surface area contributed by atoms with E-state index >= 15 is 0 Å². The van der Waals surface area contributed by atoms with Crippen LogP contribution in [0.1, 0.15) is 68.9 Å². The minimum atomic E-state index is -0.841. The molecule has 0 saturated carbocycles. The number of nitrogens with one attached hydrogen (secondary N) is 1. The maximum Gasteiger partial charge on any atom is 0.407 e. The van der Waals surface area contributed by atoms with Crippen molar-refractivity contribution in [2.45, 2.75) is 69.9 Å². The van der Waals surface area contributed by atoms with E-state index in [-0.39, 0.29) is 43.4 Å². The summed E-state index contributed by atoms with van der Waals surface area (Å²) in [5, 5.41) is 11.9. The Morgan fingerprint density at radius 1 is 1.06 bits per heavy atom. The Balaban J connectivity index is 1.33. The number of benzene rings is 2. The highest BCUT2D eigenvalue weighted by Gasteiger charge is 2.31. The van der Waals surface area contributed by atoms with E-state index in [1.165, 1.54) is 11.1 Å². The molecule has 0 spiro atoms. The first-order valence-corrected chi connectivity index (χ1v) is 12.6. The summed E-state index contributed by atoms with van der Waals surface area (Å²) in [6.07, 6.45) is 3.55. The molecule has 35 heavy (non-hydrogen) atoms. The summed E-state index contributed by atoms with van der Waals surface area (Å²) in [5.74, 6) is -0.893. The van der Waals surface area contributed by atoms with Crippen LogP contribution in [0.5, 0.6) is 0 Å². The summed E-state index contributed by atoms with van der Waals surface area (Å²) in [5.41, 5.74) is 4.66. The Labute approximate surface area is 206 Å². The van der Waals surface area contributed by atoms with Crippen LogP contribution < -0.4 is 5.32 Å². The molecule has 2 aliphatic rings. The predicted octanol–water partition coefficient (Wildman–Crippen LogP) is 4.94. The molecule has 1 fully saturated rings. The monoisotopic (exact) mass is 478 g/mol. The Kier molecular flexibility index (Phi) is 8.06. The van der Waals surface area contributed by atoms with Crippen LogP contribution in [0.4, 0.5) is 4.79 Å². The number of ether oxygens (including phenoxy) is 1. The van der Waals surface area contributed by atoms with Crippen molar-refractivity contribution >= 4 is 18.0 Å². The van der Waals surface area contributed by atoms with Gasteiger partial charge in [-0.15, -0.1) is 0 Å².